The van der Waals surface area contributed by atoms with Crippen LogP contribution in [0.25, 0.3) is 0 Å². The summed E-state index contributed by atoms with van der Waals surface area (Å²) in [7, 11) is 2.02. The lowest BCUT2D eigenvalue weighted by molar-refractivity contribution is 0.914. The molecule has 0 bridgehead atoms. The molecular formula is C14H15BrN4. The summed E-state index contributed by atoms with van der Waals surface area (Å²) in [4.78, 5) is 6.22. The van der Waals surface area contributed by atoms with Crippen LogP contribution in [0.1, 0.15) is 11.1 Å². The van der Waals surface area contributed by atoms with Crippen LogP contribution in [0.15, 0.2) is 47.2 Å². The number of nitrogen functional groups attached to an aromatic ring is 1. The highest BCUT2D eigenvalue weighted by molar-refractivity contribution is 9.10. The molecule has 0 saturated carbocycles. The summed E-state index contributed by atoms with van der Waals surface area (Å²) < 4.78 is 0.829. The molecule has 0 amide bonds. The molecule has 0 spiro atoms. The fourth-order valence-electron chi connectivity index (χ4n) is 1.82. The number of hydrogen-bond acceptors (Lipinski definition) is 3. The Labute approximate surface area is 120 Å². The topological polar surface area (TPSA) is 66.0 Å². The first kappa shape index (κ1) is 13.5. The van der Waals surface area contributed by atoms with Gasteiger partial charge in [-0.1, -0.05) is 6.07 Å². The van der Waals surface area contributed by atoms with Gasteiger partial charge in [-0.15, -0.1) is 0 Å². The molecule has 1 aromatic carbocycles. The van der Waals surface area contributed by atoms with E-state index in [0.29, 0.717) is 5.56 Å². The second kappa shape index (κ2) is 5.84. The van der Waals surface area contributed by atoms with Crippen molar-refractivity contribution in [2.24, 2.45) is 5.73 Å². The van der Waals surface area contributed by atoms with Crippen LogP contribution in [0.2, 0.25) is 0 Å². The summed E-state index contributed by atoms with van der Waals surface area (Å²) in [5, 5.41) is 7.46. The summed E-state index contributed by atoms with van der Waals surface area (Å²) in [6.07, 6.45) is 3.62. The molecule has 0 saturated heterocycles. The molecule has 0 aliphatic carbocycles. The molecular weight excluding hydrogens is 304 g/mol. The van der Waals surface area contributed by atoms with E-state index in [-0.39, 0.29) is 5.84 Å². The molecule has 0 fully saturated rings. The van der Waals surface area contributed by atoms with Crippen LogP contribution in [0, 0.1) is 5.41 Å². The highest BCUT2D eigenvalue weighted by Gasteiger charge is 2.07. The molecule has 0 unspecified atom stereocenters. The molecule has 1 heterocycles. The van der Waals surface area contributed by atoms with Gasteiger partial charge < -0.3 is 10.6 Å². The van der Waals surface area contributed by atoms with Crippen LogP contribution in [-0.2, 0) is 6.54 Å². The molecule has 2 aromatic rings. The Kier molecular flexibility index (Phi) is 4.16. The number of rotatable bonds is 4. The monoisotopic (exact) mass is 318 g/mol. The second-order valence-corrected chi connectivity index (χ2v) is 5.15. The van der Waals surface area contributed by atoms with Gasteiger partial charge in [0.1, 0.15) is 5.84 Å². The van der Waals surface area contributed by atoms with E-state index in [2.05, 4.69) is 25.8 Å². The maximum absolute atomic E-state index is 7.46. The molecule has 0 atom stereocenters. The number of nitrogens with zero attached hydrogens (tertiary/aromatic N) is 2. The first-order valence-corrected chi connectivity index (χ1v) is 6.61. The summed E-state index contributed by atoms with van der Waals surface area (Å²) in [5.74, 6) is 0.0633. The molecule has 19 heavy (non-hydrogen) atoms. The fraction of sp³-hybridized carbons (Fsp3) is 0.143. The van der Waals surface area contributed by atoms with Gasteiger partial charge in [0.2, 0.25) is 0 Å². The van der Waals surface area contributed by atoms with Crippen molar-refractivity contribution in [2.75, 3.05) is 11.9 Å². The Bertz CT molecular complexity index is 583. The van der Waals surface area contributed by atoms with E-state index in [0.717, 1.165) is 22.3 Å². The Morgan fingerprint density at radius 2 is 2.21 bits per heavy atom. The average Bonchev–Trinajstić information content (AvgIpc) is 2.39. The number of amidine groups is 1. The minimum Gasteiger partial charge on any atom is -0.384 e. The van der Waals surface area contributed by atoms with Gasteiger partial charge >= 0.3 is 0 Å². The smallest absolute Gasteiger partial charge is 0.123 e. The molecule has 5 heteroatoms. The van der Waals surface area contributed by atoms with Gasteiger partial charge in [0.25, 0.3) is 0 Å². The van der Waals surface area contributed by atoms with E-state index in [9.17, 15) is 0 Å². The van der Waals surface area contributed by atoms with E-state index in [4.69, 9.17) is 11.1 Å². The van der Waals surface area contributed by atoms with E-state index in [1.807, 2.05) is 43.6 Å². The highest BCUT2D eigenvalue weighted by Crippen LogP contribution is 2.24. The minimum atomic E-state index is 0.0633. The van der Waals surface area contributed by atoms with Crippen LogP contribution in [0.3, 0.4) is 0 Å². The average molecular weight is 319 g/mol. The van der Waals surface area contributed by atoms with Crippen LogP contribution in [0.5, 0.6) is 0 Å². The number of nitrogens with two attached hydrogens (primary N) is 1. The third kappa shape index (κ3) is 3.32. The molecule has 4 nitrogen and oxygen atoms in total. The Hall–Kier alpha value is -1.88. The minimum absolute atomic E-state index is 0.0633. The van der Waals surface area contributed by atoms with Crippen molar-refractivity contribution in [3.05, 3.63) is 58.3 Å². The first-order valence-electron chi connectivity index (χ1n) is 5.82. The zero-order valence-corrected chi connectivity index (χ0v) is 12.2. The predicted molar refractivity (Wildman–Crippen MR) is 81.5 cm³/mol. The van der Waals surface area contributed by atoms with Crippen LogP contribution >= 0.6 is 15.9 Å². The number of nitrogens with one attached hydrogen (secondary N) is 1. The van der Waals surface area contributed by atoms with Gasteiger partial charge in [0, 0.05) is 41.7 Å². The van der Waals surface area contributed by atoms with E-state index in [1.165, 1.54) is 0 Å². The first-order chi connectivity index (χ1) is 9.08. The fourth-order valence-corrected chi connectivity index (χ4v) is 2.40. The molecule has 1 aromatic heterocycles. The quantitative estimate of drug-likeness (QED) is 0.673. The van der Waals surface area contributed by atoms with Crippen LogP contribution in [0.4, 0.5) is 5.69 Å². The summed E-state index contributed by atoms with van der Waals surface area (Å²) in [6.45, 7) is 0.777. The molecule has 0 aliphatic heterocycles. The Balaban J connectivity index is 2.18. The SMILES string of the molecule is CN(Cc1cccnc1)c1ccc(C(=N)N)c(Br)c1. The van der Waals surface area contributed by atoms with Crippen LogP contribution < -0.4 is 10.6 Å². The van der Waals surface area contributed by atoms with Gasteiger partial charge in [-0.3, -0.25) is 10.4 Å². The van der Waals surface area contributed by atoms with Gasteiger partial charge in [-0.05, 0) is 45.8 Å². The van der Waals surface area contributed by atoms with Gasteiger partial charge in [-0.2, -0.15) is 0 Å². The maximum atomic E-state index is 7.46. The zero-order chi connectivity index (χ0) is 13.8. The van der Waals surface area contributed by atoms with Crippen molar-refractivity contribution in [3.8, 4) is 0 Å². The zero-order valence-electron chi connectivity index (χ0n) is 10.6. The molecule has 98 valence electrons. The lowest BCUT2D eigenvalue weighted by atomic mass is 10.1. The second-order valence-electron chi connectivity index (χ2n) is 4.30. The molecule has 0 radical (unpaired) electrons. The summed E-state index contributed by atoms with van der Waals surface area (Å²) in [5.41, 5.74) is 8.41. The lowest BCUT2D eigenvalue weighted by Crippen LogP contribution is -2.17. The summed E-state index contributed by atoms with van der Waals surface area (Å²) in [6, 6.07) is 9.74. The van der Waals surface area contributed by atoms with Crippen molar-refractivity contribution in [1.82, 2.24) is 4.98 Å². The number of benzene rings is 1. The van der Waals surface area contributed by atoms with Gasteiger partial charge in [0.05, 0.1) is 0 Å². The van der Waals surface area contributed by atoms with Crippen molar-refractivity contribution in [2.45, 2.75) is 6.54 Å². The van der Waals surface area contributed by atoms with Crippen molar-refractivity contribution < 1.29 is 0 Å². The van der Waals surface area contributed by atoms with E-state index >= 15 is 0 Å². The number of aromatic nitrogens is 1. The maximum Gasteiger partial charge on any atom is 0.123 e. The number of halogens is 1. The molecule has 2 rings (SSSR count). The van der Waals surface area contributed by atoms with Crippen molar-refractivity contribution in [3.63, 3.8) is 0 Å². The van der Waals surface area contributed by atoms with Crippen molar-refractivity contribution >= 4 is 27.5 Å². The summed E-state index contributed by atoms with van der Waals surface area (Å²) >= 11 is 3.44. The normalized spacial score (nSPS) is 10.2. The van der Waals surface area contributed by atoms with Gasteiger partial charge in [-0.25, -0.2) is 0 Å². The van der Waals surface area contributed by atoms with Gasteiger partial charge in [0.15, 0.2) is 0 Å². The van der Waals surface area contributed by atoms with Crippen molar-refractivity contribution in [1.29, 1.82) is 5.41 Å². The number of hydrogen-bond donors (Lipinski definition) is 2. The van der Waals surface area contributed by atoms with Crippen LogP contribution in [-0.4, -0.2) is 17.9 Å². The highest BCUT2D eigenvalue weighted by atomic mass is 79.9. The number of pyridine rings is 1. The molecule has 0 aliphatic rings. The number of anilines is 1. The van der Waals surface area contributed by atoms with E-state index in [1.54, 1.807) is 6.20 Å². The third-order valence-corrected chi connectivity index (χ3v) is 3.48. The lowest BCUT2D eigenvalue weighted by Gasteiger charge is -2.20. The predicted octanol–water partition coefficient (Wildman–Crippen LogP) is 2.76. The standard InChI is InChI=1S/C14H15BrN4/c1-19(9-10-3-2-6-18-8-10)11-4-5-12(14(16)17)13(15)7-11/h2-8H,9H2,1H3,(H3,16,17). The molecule has 3 N–H and O–H groups in total. The largest absolute Gasteiger partial charge is 0.384 e. The third-order valence-electron chi connectivity index (χ3n) is 2.83. The Morgan fingerprint density at radius 1 is 1.42 bits per heavy atom. The van der Waals surface area contributed by atoms with E-state index < -0.39 is 0 Å². The Morgan fingerprint density at radius 3 is 2.79 bits per heavy atom.